The van der Waals surface area contributed by atoms with Gasteiger partial charge in [-0.2, -0.15) is 12.6 Å². The number of nitrogens with two attached hydrogens (primary N) is 2. The Bertz CT molecular complexity index is 1750. The van der Waals surface area contributed by atoms with E-state index in [2.05, 4.69) is 42.5 Å². The molecule has 45 heavy (non-hydrogen) atoms. The lowest BCUT2D eigenvalue weighted by Crippen LogP contribution is -2.35. The van der Waals surface area contributed by atoms with Crippen molar-refractivity contribution in [1.29, 1.82) is 0 Å². The number of hydrogen-bond acceptors (Lipinski definition) is 17. The number of rotatable bonds is 12. The molecule has 2 aliphatic rings. The number of anilines is 2. The van der Waals surface area contributed by atoms with Crippen molar-refractivity contribution in [3.05, 3.63) is 25.3 Å². The van der Waals surface area contributed by atoms with Crippen molar-refractivity contribution >= 4 is 70.3 Å². The number of hydrogen-bond donors (Lipinski definition) is 3. The molecule has 2 fully saturated rings. The number of ether oxygens (including phenoxy) is 3. The molecule has 6 rings (SSSR count). The molecule has 24 heteroatoms. The van der Waals surface area contributed by atoms with Crippen molar-refractivity contribution in [2.75, 3.05) is 30.6 Å². The first-order valence-corrected chi connectivity index (χ1v) is 15.9. The van der Waals surface area contributed by atoms with Crippen LogP contribution in [0.15, 0.2) is 25.3 Å². The minimum Gasteiger partial charge on any atom is -0.382 e. The van der Waals surface area contributed by atoms with Gasteiger partial charge in [-0.3, -0.25) is 18.2 Å². The maximum Gasteiger partial charge on any atom is 0.327 e. The van der Waals surface area contributed by atoms with Crippen LogP contribution in [0.1, 0.15) is 12.5 Å². The molecular weight excluding hydrogens is 663 g/mol. The Kier molecular flexibility index (Phi) is 9.29. The van der Waals surface area contributed by atoms with Crippen molar-refractivity contribution in [3.8, 4) is 0 Å². The SMILES string of the molecule is [B]P(=O)(OC[C@H]1OC(n2cnc3c(N)ncnc32)[C@H](F)[C@@H]1OCS)O[C@H]1[C@@H](F)[C@H](n2cnc3c(N)ncnc32)O[C@@H]1COP=O. The Labute approximate surface area is 260 Å². The molecule has 238 valence electrons. The Hall–Kier alpha value is -2.94. The van der Waals surface area contributed by atoms with Crippen molar-refractivity contribution in [2.24, 2.45) is 0 Å². The average Bonchev–Trinajstić information content (AvgIpc) is 3.77. The number of aromatic nitrogens is 8. The molecule has 0 saturated carbocycles. The third kappa shape index (κ3) is 6.14. The molecule has 4 aromatic rings. The van der Waals surface area contributed by atoms with Crippen molar-refractivity contribution in [3.63, 3.8) is 0 Å². The summed E-state index contributed by atoms with van der Waals surface area (Å²) in [6, 6.07) is 0. The van der Waals surface area contributed by atoms with Gasteiger partial charge in [-0.1, -0.05) is 0 Å². The number of nitrogen functional groups attached to an aromatic ring is 2. The third-order valence-corrected chi connectivity index (χ3v) is 8.55. The topological polar surface area (TPSA) is 229 Å². The lowest BCUT2D eigenvalue weighted by molar-refractivity contribution is -0.0538. The predicted octanol–water partition coefficient (Wildman–Crippen LogP) is 1.48. The second-order valence-corrected chi connectivity index (χ2v) is 11.9. The number of thiol groups is 1. The molecule has 0 aliphatic carbocycles. The van der Waals surface area contributed by atoms with E-state index in [4.69, 9.17) is 46.8 Å². The van der Waals surface area contributed by atoms with E-state index >= 15 is 8.78 Å². The molecule has 6 heterocycles. The van der Waals surface area contributed by atoms with E-state index in [1.54, 1.807) is 0 Å². The largest absolute Gasteiger partial charge is 0.382 e. The van der Waals surface area contributed by atoms with Crippen LogP contribution in [0.2, 0.25) is 0 Å². The van der Waals surface area contributed by atoms with Crippen LogP contribution in [0.3, 0.4) is 0 Å². The first kappa shape index (κ1) is 32.0. The molecular formula is C21H23BF2N10O8P2S. The maximum atomic E-state index is 15.9. The van der Waals surface area contributed by atoms with Gasteiger partial charge in [0.25, 0.3) is 7.47 Å². The molecule has 0 bridgehead atoms. The van der Waals surface area contributed by atoms with Crippen LogP contribution in [0.25, 0.3) is 22.3 Å². The Balaban J connectivity index is 1.18. The Morgan fingerprint density at radius 3 is 1.98 bits per heavy atom. The van der Waals surface area contributed by atoms with Gasteiger partial charge in [0, 0.05) is 0 Å². The minimum absolute atomic E-state index is 0.0515. The van der Waals surface area contributed by atoms with Gasteiger partial charge in [0.1, 0.15) is 48.1 Å². The summed E-state index contributed by atoms with van der Waals surface area (Å²) >= 11 is 4.01. The highest BCUT2D eigenvalue weighted by atomic mass is 32.1. The second-order valence-electron chi connectivity index (χ2n) is 9.72. The molecule has 2 radical (unpaired) electrons. The van der Waals surface area contributed by atoms with E-state index in [9.17, 15) is 9.13 Å². The maximum absolute atomic E-state index is 15.9. The molecule has 2 saturated heterocycles. The minimum atomic E-state index is -4.61. The number of fused-ring (bicyclic) bond motifs is 2. The van der Waals surface area contributed by atoms with E-state index in [1.807, 2.05) is 0 Å². The molecule has 0 amide bonds. The predicted molar refractivity (Wildman–Crippen MR) is 154 cm³/mol. The van der Waals surface area contributed by atoms with Crippen LogP contribution in [-0.2, 0) is 36.9 Å². The fraction of sp³-hybridized carbons (Fsp3) is 0.524. The highest BCUT2D eigenvalue weighted by molar-refractivity contribution is 7.80. The standard InChI is InChI=1S/C21H23BF2N10O8P2S/c22-44(36,39-2-9-14(37-7-45)10(23)20(41-9)33-5-31-12-16(25)27-3-29-18(12)33)42-15-8(1-38-43-35)40-21(11(15)24)34-6-32-13-17(26)28-4-30-19(13)34/h3-6,8-11,14-15,20-21,45H,1-2,7H2,(H2,25,27,29)(H2,26,28,30)/t8-,9-,10-,11-,14-,15-,20?,21-,44?/m1/s1. The molecule has 2 aliphatic heterocycles. The van der Waals surface area contributed by atoms with E-state index in [0.29, 0.717) is 0 Å². The Morgan fingerprint density at radius 1 is 0.911 bits per heavy atom. The van der Waals surface area contributed by atoms with Gasteiger partial charge in [0.15, 0.2) is 47.7 Å². The lowest BCUT2D eigenvalue weighted by atomic mass is 10.1. The summed E-state index contributed by atoms with van der Waals surface area (Å²) in [5, 5.41) is 0. The van der Waals surface area contributed by atoms with Gasteiger partial charge in [-0.05, 0) is 0 Å². The fourth-order valence-electron chi connectivity index (χ4n) is 5.11. The average molecular weight is 686 g/mol. The first-order chi connectivity index (χ1) is 21.6. The molecule has 18 nitrogen and oxygen atoms in total. The van der Waals surface area contributed by atoms with Crippen LogP contribution in [0, 0.1) is 0 Å². The summed E-state index contributed by atoms with van der Waals surface area (Å²) in [7, 11) is 0.517. The molecule has 0 spiro atoms. The van der Waals surface area contributed by atoms with Crippen molar-refractivity contribution in [1.82, 2.24) is 39.0 Å². The van der Waals surface area contributed by atoms with E-state index in [0.717, 1.165) is 6.33 Å². The van der Waals surface area contributed by atoms with Gasteiger partial charge in [0.2, 0.25) is 7.57 Å². The van der Waals surface area contributed by atoms with E-state index in [-0.39, 0.29) is 39.9 Å². The van der Waals surface area contributed by atoms with Crippen molar-refractivity contribution in [2.45, 2.75) is 49.2 Å². The number of halogens is 2. The zero-order valence-corrected chi connectivity index (χ0v) is 25.4. The second kappa shape index (κ2) is 13.1. The number of alkyl halides is 2. The zero-order chi connectivity index (χ0) is 31.9. The zero-order valence-electron chi connectivity index (χ0n) is 22.7. The van der Waals surface area contributed by atoms with Gasteiger partial charge >= 0.3 is 8.69 Å². The van der Waals surface area contributed by atoms with Crippen LogP contribution in [0.5, 0.6) is 0 Å². The van der Waals surface area contributed by atoms with Crippen molar-refractivity contribution < 1.29 is 45.7 Å². The van der Waals surface area contributed by atoms with Gasteiger partial charge in [-0.15, -0.1) is 0 Å². The summed E-state index contributed by atoms with van der Waals surface area (Å²) in [5.74, 6) is -0.0628. The van der Waals surface area contributed by atoms with Crippen LogP contribution < -0.4 is 11.5 Å². The normalized spacial score (nSPS) is 30.0. The Morgan fingerprint density at radius 2 is 1.44 bits per heavy atom. The quantitative estimate of drug-likeness (QED) is 0.0829. The third-order valence-electron chi connectivity index (χ3n) is 7.10. The number of imidazole rings is 2. The molecule has 2 unspecified atom stereocenters. The summed E-state index contributed by atoms with van der Waals surface area (Å²) in [4.78, 5) is 24.1. The molecule has 0 aromatic carbocycles. The van der Waals surface area contributed by atoms with Gasteiger partial charge in [0.05, 0.1) is 31.8 Å². The smallest absolute Gasteiger partial charge is 0.327 e. The summed E-state index contributed by atoms with van der Waals surface area (Å²) in [6.45, 7) is -1.05. The fourth-order valence-corrected chi connectivity index (χ4v) is 6.50. The summed E-state index contributed by atoms with van der Waals surface area (Å²) in [6.07, 6.45) is -7.10. The van der Waals surface area contributed by atoms with E-state index in [1.165, 1.54) is 28.1 Å². The van der Waals surface area contributed by atoms with Gasteiger partial charge < -0.3 is 34.7 Å². The molecule has 4 aromatic heterocycles. The molecule has 4 N–H and O–H groups in total. The highest BCUT2D eigenvalue weighted by Gasteiger charge is 2.51. The van der Waals surface area contributed by atoms with E-state index < -0.39 is 78.6 Å². The molecule has 9 atom stereocenters. The van der Waals surface area contributed by atoms with Crippen LogP contribution >= 0.6 is 28.8 Å². The summed E-state index contributed by atoms with van der Waals surface area (Å²) in [5.41, 5.74) is 12.4. The first-order valence-electron chi connectivity index (χ1n) is 13.0. The number of nitrogens with zero attached hydrogens (tertiary/aromatic N) is 8. The van der Waals surface area contributed by atoms with Crippen LogP contribution in [0.4, 0.5) is 20.4 Å². The lowest BCUT2D eigenvalue weighted by Gasteiger charge is -2.25. The van der Waals surface area contributed by atoms with Crippen LogP contribution in [-0.4, -0.2) is 103 Å². The highest BCUT2D eigenvalue weighted by Crippen LogP contribution is 2.50. The summed E-state index contributed by atoms with van der Waals surface area (Å²) < 4.78 is 91.0. The van der Waals surface area contributed by atoms with Gasteiger partial charge in [-0.25, -0.2) is 43.2 Å². The monoisotopic (exact) mass is 686 g/mol.